The van der Waals surface area contributed by atoms with E-state index in [4.69, 9.17) is 4.74 Å². The van der Waals surface area contributed by atoms with Gasteiger partial charge in [-0.3, -0.25) is 4.79 Å². The van der Waals surface area contributed by atoms with Crippen molar-refractivity contribution in [2.24, 2.45) is 0 Å². The van der Waals surface area contributed by atoms with Gasteiger partial charge in [-0.05, 0) is 18.6 Å². The predicted octanol–water partition coefficient (Wildman–Crippen LogP) is 1.43. The molecule has 1 saturated heterocycles. The quantitative estimate of drug-likeness (QED) is 0.860. The number of fused-ring (bicyclic) bond motifs is 1. The highest BCUT2D eigenvalue weighted by atomic mass is 19.1. The molecule has 2 unspecified atom stereocenters. The molecule has 20 heavy (non-hydrogen) atoms. The third-order valence-electron chi connectivity index (χ3n) is 3.85. The minimum atomic E-state index is -1.28. The lowest BCUT2D eigenvalue weighted by Crippen LogP contribution is -2.42. The largest absolute Gasteiger partial charge is 0.378 e. The van der Waals surface area contributed by atoms with Gasteiger partial charge in [0.15, 0.2) is 6.10 Å². The number of hydrogen-bond acceptors (Lipinski definition) is 4. The molecule has 3 rings (SSSR count). The first-order chi connectivity index (χ1) is 9.60. The highest BCUT2D eigenvalue weighted by molar-refractivity contribution is 6.02. The molecular formula is C14H17FN2O3. The van der Waals surface area contributed by atoms with Crippen LogP contribution in [-0.4, -0.2) is 36.8 Å². The van der Waals surface area contributed by atoms with Crippen molar-refractivity contribution >= 4 is 17.3 Å². The average molecular weight is 280 g/mol. The maximum atomic E-state index is 14.2. The van der Waals surface area contributed by atoms with Gasteiger partial charge < -0.3 is 20.1 Å². The van der Waals surface area contributed by atoms with E-state index in [1.54, 1.807) is 6.07 Å². The Labute approximate surface area is 116 Å². The normalized spacial score (nSPS) is 25.6. The van der Waals surface area contributed by atoms with Gasteiger partial charge in [-0.25, -0.2) is 4.39 Å². The smallest absolute Gasteiger partial charge is 0.257 e. The van der Waals surface area contributed by atoms with E-state index in [1.165, 1.54) is 6.07 Å². The summed E-state index contributed by atoms with van der Waals surface area (Å²) in [5, 5.41) is 12.2. The van der Waals surface area contributed by atoms with Crippen LogP contribution in [0.4, 0.5) is 15.8 Å². The second kappa shape index (κ2) is 5.03. The number of aliphatic hydroxyl groups excluding tert-OH is 1. The Kier molecular flexibility index (Phi) is 3.35. The first kappa shape index (κ1) is 13.3. The van der Waals surface area contributed by atoms with Gasteiger partial charge in [-0.1, -0.05) is 6.92 Å². The van der Waals surface area contributed by atoms with Gasteiger partial charge in [0.1, 0.15) is 5.82 Å². The number of amides is 1. The SMILES string of the molecule is CCC1CN(c2cc3c(cc2F)C(O)C(=O)N3)CCO1. The number of carbonyl (C=O) groups excluding carboxylic acids is 1. The number of aliphatic hydroxyl groups is 1. The molecule has 2 N–H and O–H groups in total. The van der Waals surface area contributed by atoms with E-state index < -0.39 is 17.8 Å². The number of nitrogens with zero attached hydrogens (tertiary/aromatic N) is 1. The van der Waals surface area contributed by atoms with E-state index in [9.17, 15) is 14.3 Å². The minimum Gasteiger partial charge on any atom is -0.378 e. The van der Waals surface area contributed by atoms with E-state index in [0.717, 1.165) is 6.42 Å². The Hall–Kier alpha value is -1.66. The number of anilines is 2. The van der Waals surface area contributed by atoms with Gasteiger partial charge in [-0.2, -0.15) is 0 Å². The molecule has 2 atom stereocenters. The van der Waals surface area contributed by atoms with Crippen molar-refractivity contribution in [1.82, 2.24) is 0 Å². The van der Waals surface area contributed by atoms with E-state index >= 15 is 0 Å². The number of rotatable bonds is 2. The van der Waals surface area contributed by atoms with Crippen LogP contribution in [0.5, 0.6) is 0 Å². The summed E-state index contributed by atoms with van der Waals surface area (Å²) in [6.45, 7) is 3.83. The lowest BCUT2D eigenvalue weighted by Gasteiger charge is -2.34. The Balaban J connectivity index is 1.91. The van der Waals surface area contributed by atoms with Crippen molar-refractivity contribution in [3.63, 3.8) is 0 Å². The third-order valence-corrected chi connectivity index (χ3v) is 3.85. The molecule has 1 fully saturated rings. The number of hydrogen-bond donors (Lipinski definition) is 2. The van der Waals surface area contributed by atoms with Crippen LogP contribution in [-0.2, 0) is 9.53 Å². The topological polar surface area (TPSA) is 61.8 Å². The second-order valence-corrected chi connectivity index (χ2v) is 5.13. The van der Waals surface area contributed by atoms with Crippen LogP contribution in [0, 0.1) is 5.82 Å². The van der Waals surface area contributed by atoms with Gasteiger partial charge in [-0.15, -0.1) is 0 Å². The lowest BCUT2D eigenvalue weighted by molar-refractivity contribution is -0.123. The summed E-state index contributed by atoms with van der Waals surface area (Å²) >= 11 is 0. The fourth-order valence-corrected chi connectivity index (χ4v) is 2.68. The van der Waals surface area contributed by atoms with Crippen molar-refractivity contribution in [2.75, 3.05) is 29.9 Å². The molecular weight excluding hydrogens is 263 g/mol. The number of carbonyl (C=O) groups is 1. The standard InChI is InChI=1S/C14H17FN2O3/c1-2-8-7-17(3-4-20-8)12-6-11-9(5-10(12)15)13(18)14(19)16-11/h5-6,8,13,18H,2-4,7H2,1H3,(H,16,19). The molecule has 0 saturated carbocycles. The summed E-state index contributed by atoms with van der Waals surface area (Å²) in [5.74, 6) is -0.930. The van der Waals surface area contributed by atoms with Crippen LogP contribution >= 0.6 is 0 Å². The van der Waals surface area contributed by atoms with E-state index in [2.05, 4.69) is 5.32 Å². The van der Waals surface area contributed by atoms with Crippen LogP contribution in [0.25, 0.3) is 0 Å². The fraction of sp³-hybridized carbons (Fsp3) is 0.500. The molecule has 1 aromatic rings. The highest BCUT2D eigenvalue weighted by Gasteiger charge is 2.31. The van der Waals surface area contributed by atoms with Gasteiger partial charge >= 0.3 is 0 Å². The van der Waals surface area contributed by atoms with Crippen molar-refractivity contribution < 1.29 is 19.0 Å². The number of benzene rings is 1. The van der Waals surface area contributed by atoms with Crippen LogP contribution in [0.1, 0.15) is 25.0 Å². The molecule has 0 aliphatic carbocycles. The zero-order valence-corrected chi connectivity index (χ0v) is 11.2. The van der Waals surface area contributed by atoms with Crippen molar-refractivity contribution in [1.29, 1.82) is 0 Å². The van der Waals surface area contributed by atoms with Crippen LogP contribution < -0.4 is 10.2 Å². The molecule has 0 aromatic heterocycles. The van der Waals surface area contributed by atoms with Gasteiger partial charge in [0.05, 0.1) is 18.4 Å². The maximum Gasteiger partial charge on any atom is 0.257 e. The molecule has 0 spiro atoms. The fourth-order valence-electron chi connectivity index (χ4n) is 2.68. The average Bonchev–Trinajstić information content (AvgIpc) is 2.73. The highest BCUT2D eigenvalue weighted by Crippen LogP contribution is 2.36. The zero-order valence-electron chi connectivity index (χ0n) is 11.2. The summed E-state index contributed by atoms with van der Waals surface area (Å²) in [5.41, 5.74) is 1.23. The first-order valence-corrected chi connectivity index (χ1v) is 6.79. The Morgan fingerprint density at radius 2 is 2.35 bits per heavy atom. The van der Waals surface area contributed by atoms with Crippen LogP contribution in [0.15, 0.2) is 12.1 Å². The van der Waals surface area contributed by atoms with Crippen LogP contribution in [0.2, 0.25) is 0 Å². The number of halogens is 1. The molecule has 6 heteroatoms. The summed E-state index contributed by atoms with van der Waals surface area (Å²) in [6, 6.07) is 2.83. The summed E-state index contributed by atoms with van der Waals surface area (Å²) in [6.07, 6.45) is -0.309. The van der Waals surface area contributed by atoms with Crippen molar-refractivity contribution in [2.45, 2.75) is 25.6 Å². The Morgan fingerprint density at radius 1 is 1.55 bits per heavy atom. The maximum absolute atomic E-state index is 14.2. The Bertz CT molecular complexity index is 549. The van der Waals surface area contributed by atoms with E-state index in [-0.39, 0.29) is 6.10 Å². The molecule has 2 aliphatic heterocycles. The second-order valence-electron chi connectivity index (χ2n) is 5.13. The predicted molar refractivity (Wildman–Crippen MR) is 72.2 cm³/mol. The molecule has 5 nitrogen and oxygen atoms in total. The molecule has 2 heterocycles. The summed E-state index contributed by atoms with van der Waals surface area (Å²) in [7, 11) is 0. The van der Waals surface area contributed by atoms with Crippen molar-refractivity contribution in [3.8, 4) is 0 Å². The number of nitrogens with one attached hydrogen (secondary N) is 1. The zero-order chi connectivity index (χ0) is 14.3. The molecule has 1 aromatic carbocycles. The number of ether oxygens (including phenoxy) is 1. The monoisotopic (exact) mass is 280 g/mol. The third kappa shape index (κ3) is 2.14. The van der Waals surface area contributed by atoms with Gasteiger partial charge in [0.2, 0.25) is 0 Å². The molecule has 108 valence electrons. The van der Waals surface area contributed by atoms with E-state index in [1.807, 2.05) is 11.8 Å². The molecule has 0 radical (unpaired) electrons. The lowest BCUT2D eigenvalue weighted by atomic mass is 10.1. The molecule has 2 aliphatic rings. The number of morpholine rings is 1. The van der Waals surface area contributed by atoms with Crippen molar-refractivity contribution in [3.05, 3.63) is 23.5 Å². The minimum absolute atomic E-state index is 0.0941. The molecule has 0 bridgehead atoms. The summed E-state index contributed by atoms with van der Waals surface area (Å²) in [4.78, 5) is 13.3. The molecule has 1 amide bonds. The van der Waals surface area contributed by atoms with Crippen LogP contribution in [0.3, 0.4) is 0 Å². The first-order valence-electron chi connectivity index (χ1n) is 6.79. The van der Waals surface area contributed by atoms with Gasteiger partial charge in [0, 0.05) is 24.3 Å². The Morgan fingerprint density at radius 3 is 3.10 bits per heavy atom. The van der Waals surface area contributed by atoms with E-state index in [0.29, 0.717) is 36.6 Å². The van der Waals surface area contributed by atoms with Gasteiger partial charge in [0.25, 0.3) is 5.91 Å². The summed E-state index contributed by atoms with van der Waals surface area (Å²) < 4.78 is 19.8.